The number of nitrogens with one attached hydrogen (secondary N) is 1. The number of benzene rings is 2. The molecule has 0 bridgehead atoms. The SMILES string of the molecule is Cc1nc(COc2ccc(C(=O)Nc3ccc4oc(C(C)C)nc4c3)cc2)no1. The zero-order valence-electron chi connectivity index (χ0n) is 16.3. The molecule has 8 heteroatoms. The van der Waals surface area contributed by atoms with Gasteiger partial charge in [-0.1, -0.05) is 19.0 Å². The molecule has 2 aromatic carbocycles. The molecule has 4 rings (SSSR count). The van der Waals surface area contributed by atoms with E-state index in [0.29, 0.717) is 45.7 Å². The van der Waals surface area contributed by atoms with Crippen LogP contribution in [0.2, 0.25) is 0 Å². The fourth-order valence-corrected chi connectivity index (χ4v) is 2.72. The van der Waals surface area contributed by atoms with Crippen molar-refractivity contribution in [1.82, 2.24) is 15.1 Å². The van der Waals surface area contributed by atoms with Gasteiger partial charge < -0.3 is 19.0 Å². The van der Waals surface area contributed by atoms with Crippen molar-refractivity contribution in [2.75, 3.05) is 5.32 Å². The summed E-state index contributed by atoms with van der Waals surface area (Å²) in [6.45, 7) is 5.94. The monoisotopic (exact) mass is 392 g/mol. The highest BCUT2D eigenvalue weighted by atomic mass is 16.5. The first kappa shape index (κ1) is 18.7. The number of carbonyl (C=O) groups is 1. The van der Waals surface area contributed by atoms with Gasteiger partial charge in [0.25, 0.3) is 5.91 Å². The summed E-state index contributed by atoms with van der Waals surface area (Å²) in [7, 11) is 0. The van der Waals surface area contributed by atoms with Gasteiger partial charge in [0.15, 0.2) is 18.1 Å². The molecule has 1 amide bonds. The van der Waals surface area contributed by atoms with E-state index in [1.807, 2.05) is 13.8 Å². The first-order valence-electron chi connectivity index (χ1n) is 9.22. The minimum atomic E-state index is -0.225. The number of aryl methyl sites for hydroxylation is 1. The Kier molecular flexibility index (Phi) is 4.99. The molecule has 4 aromatic rings. The largest absolute Gasteiger partial charge is 0.485 e. The maximum absolute atomic E-state index is 12.5. The third-order valence-electron chi connectivity index (χ3n) is 4.21. The second-order valence-corrected chi connectivity index (χ2v) is 6.89. The van der Waals surface area contributed by atoms with Crippen molar-refractivity contribution >= 4 is 22.7 Å². The molecule has 0 aliphatic heterocycles. The molecule has 2 aromatic heterocycles. The van der Waals surface area contributed by atoms with E-state index in [2.05, 4.69) is 20.4 Å². The molecule has 8 nitrogen and oxygen atoms in total. The standard InChI is InChI=1S/C21H20N4O4/c1-12(2)21-24-17-10-15(6-9-18(17)28-21)23-20(26)14-4-7-16(8-5-14)27-11-19-22-13(3)29-25-19/h4-10,12H,11H2,1-3H3,(H,23,26). The molecule has 0 fully saturated rings. The number of hydrogen-bond acceptors (Lipinski definition) is 7. The quantitative estimate of drug-likeness (QED) is 0.516. The van der Waals surface area contributed by atoms with Crippen molar-refractivity contribution < 1.29 is 18.5 Å². The van der Waals surface area contributed by atoms with Crippen molar-refractivity contribution in [3.05, 3.63) is 65.6 Å². The molecule has 0 spiro atoms. The molecule has 148 valence electrons. The summed E-state index contributed by atoms with van der Waals surface area (Å²) in [4.78, 5) is 21.1. The van der Waals surface area contributed by atoms with Crippen LogP contribution in [0, 0.1) is 6.92 Å². The summed E-state index contributed by atoms with van der Waals surface area (Å²) in [6.07, 6.45) is 0. The van der Waals surface area contributed by atoms with E-state index < -0.39 is 0 Å². The van der Waals surface area contributed by atoms with Gasteiger partial charge in [0.05, 0.1) is 0 Å². The molecule has 0 radical (unpaired) electrons. The number of carbonyl (C=O) groups excluding carboxylic acids is 1. The average molecular weight is 392 g/mol. The highest BCUT2D eigenvalue weighted by Gasteiger charge is 2.12. The summed E-state index contributed by atoms with van der Waals surface area (Å²) in [6, 6.07) is 12.2. The lowest BCUT2D eigenvalue weighted by Gasteiger charge is -2.07. The van der Waals surface area contributed by atoms with E-state index in [1.165, 1.54) is 0 Å². The van der Waals surface area contributed by atoms with Gasteiger partial charge >= 0.3 is 0 Å². The van der Waals surface area contributed by atoms with E-state index in [-0.39, 0.29) is 18.4 Å². The van der Waals surface area contributed by atoms with Crippen molar-refractivity contribution in [3.8, 4) is 5.75 Å². The number of oxazole rings is 1. The zero-order valence-corrected chi connectivity index (χ0v) is 16.3. The van der Waals surface area contributed by atoms with Gasteiger partial charge in [0.2, 0.25) is 11.7 Å². The van der Waals surface area contributed by atoms with Crippen molar-refractivity contribution in [2.24, 2.45) is 0 Å². The second kappa shape index (κ2) is 7.75. The Morgan fingerprint density at radius 2 is 1.93 bits per heavy atom. The van der Waals surface area contributed by atoms with E-state index >= 15 is 0 Å². The zero-order chi connectivity index (χ0) is 20.4. The van der Waals surface area contributed by atoms with Crippen LogP contribution in [-0.2, 0) is 6.61 Å². The van der Waals surface area contributed by atoms with Crippen LogP contribution in [-0.4, -0.2) is 21.0 Å². The summed E-state index contributed by atoms with van der Waals surface area (Å²) in [5, 5.41) is 6.64. The Hall–Kier alpha value is -3.68. The van der Waals surface area contributed by atoms with Crippen LogP contribution in [0.25, 0.3) is 11.1 Å². The third-order valence-corrected chi connectivity index (χ3v) is 4.21. The summed E-state index contributed by atoms with van der Waals surface area (Å²) < 4.78 is 16.2. The number of hydrogen-bond donors (Lipinski definition) is 1. The fraction of sp³-hybridized carbons (Fsp3) is 0.238. The summed E-state index contributed by atoms with van der Waals surface area (Å²) in [5.74, 6) is 2.21. The first-order valence-corrected chi connectivity index (χ1v) is 9.22. The lowest BCUT2D eigenvalue weighted by Crippen LogP contribution is -2.11. The second-order valence-electron chi connectivity index (χ2n) is 6.89. The number of anilines is 1. The lowest BCUT2D eigenvalue weighted by molar-refractivity contribution is 0.102. The highest BCUT2D eigenvalue weighted by Crippen LogP contribution is 2.24. The molecule has 0 aliphatic carbocycles. The fourth-order valence-electron chi connectivity index (χ4n) is 2.72. The first-order chi connectivity index (χ1) is 14.0. The minimum absolute atomic E-state index is 0.193. The Balaban J connectivity index is 1.40. The molecule has 0 atom stereocenters. The van der Waals surface area contributed by atoms with Gasteiger partial charge in [0.1, 0.15) is 11.3 Å². The van der Waals surface area contributed by atoms with Crippen LogP contribution in [0.3, 0.4) is 0 Å². The van der Waals surface area contributed by atoms with Crippen molar-refractivity contribution in [3.63, 3.8) is 0 Å². The Morgan fingerprint density at radius 1 is 1.14 bits per heavy atom. The number of fused-ring (bicyclic) bond motifs is 1. The molecular weight excluding hydrogens is 372 g/mol. The predicted molar refractivity (Wildman–Crippen MR) is 106 cm³/mol. The number of nitrogens with zero attached hydrogens (tertiary/aromatic N) is 3. The molecule has 1 N–H and O–H groups in total. The molecule has 0 saturated heterocycles. The number of amides is 1. The van der Waals surface area contributed by atoms with Crippen LogP contribution < -0.4 is 10.1 Å². The van der Waals surface area contributed by atoms with E-state index in [4.69, 9.17) is 13.7 Å². The van der Waals surface area contributed by atoms with Crippen LogP contribution in [0.5, 0.6) is 5.75 Å². The van der Waals surface area contributed by atoms with Gasteiger partial charge in [-0.25, -0.2) is 4.98 Å². The Morgan fingerprint density at radius 3 is 2.62 bits per heavy atom. The number of rotatable bonds is 6. The molecular formula is C21H20N4O4. The molecule has 0 unspecified atom stereocenters. The molecule has 2 heterocycles. The van der Waals surface area contributed by atoms with Gasteiger partial charge in [-0.3, -0.25) is 4.79 Å². The van der Waals surface area contributed by atoms with Crippen LogP contribution in [0.4, 0.5) is 5.69 Å². The highest BCUT2D eigenvalue weighted by molar-refractivity contribution is 6.04. The van der Waals surface area contributed by atoms with E-state index in [0.717, 1.165) is 0 Å². The normalized spacial score (nSPS) is 11.2. The number of ether oxygens (including phenoxy) is 1. The van der Waals surface area contributed by atoms with E-state index in [9.17, 15) is 4.79 Å². The molecule has 29 heavy (non-hydrogen) atoms. The lowest BCUT2D eigenvalue weighted by atomic mass is 10.2. The topological polar surface area (TPSA) is 103 Å². The van der Waals surface area contributed by atoms with Gasteiger partial charge in [-0.15, -0.1) is 0 Å². The molecule has 0 aliphatic rings. The van der Waals surface area contributed by atoms with Gasteiger partial charge in [-0.2, -0.15) is 4.98 Å². The molecule has 0 saturated carbocycles. The summed E-state index contributed by atoms with van der Waals surface area (Å²) >= 11 is 0. The van der Waals surface area contributed by atoms with Crippen molar-refractivity contribution in [2.45, 2.75) is 33.3 Å². The van der Waals surface area contributed by atoms with Crippen LogP contribution >= 0.6 is 0 Å². The minimum Gasteiger partial charge on any atom is -0.485 e. The average Bonchev–Trinajstić information content (AvgIpc) is 3.32. The van der Waals surface area contributed by atoms with Gasteiger partial charge in [0, 0.05) is 24.1 Å². The Labute approximate surface area is 166 Å². The Bertz CT molecular complexity index is 1150. The predicted octanol–water partition coefficient (Wildman–Crippen LogP) is 4.47. The maximum Gasteiger partial charge on any atom is 0.255 e. The third kappa shape index (κ3) is 4.26. The smallest absolute Gasteiger partial charge is 0.255 e. The van der Waals surface area contributed by atoms with Crippen LogP contribution in [0.15, 0.2) is 51.4 Å². The van der Waals surface area contributed by atoms with Crippen LogP contribution in [0.1, 0.15) is 47.7 Å². The van der Waals surface area contributed by atoms with Gasteiger partial charge in [-0.05, 0) is 42.5 Å². The van der Waals surface area contributed by atoms with Crippen molar-refractivity contribution in [1.29, 1.82) is 0 Å². The summed E-state index contributed by atoms with van der Waals surface area (Å²) in [5.41, 5.74) is 2.58. The maximum atomic E-state index is 12.5. The number of aromatic nitrogens is 3. The van der Waals surface area contributed by atoms with E-state index in [1.54, 1.807) is 49.4 Å².